The van der Waals surface area contributed by atoms with E-state index in [9.17, 15) is 9.59 Å². The summed E-state index contributed by atoms with van der Waals surface area (Å²) in [5, 5.41) is 10.1. The summed E-state index contributed by atoms with van der Waals surface area (Å²) in [6.45, 7) is 3.28. The quantitative estimate of drug-likeness (QED) is 0.628. The van der Waals surface area contributed by atoms with Gasteiger partial charge in [0.2, 0.25) is 11.1 Å². The second-order valence-corrected chi connectivity index (χ2v) is 6.94. The van der Waals surface area contributed by atoms with Crippen LogP contribution in [0, 0.1) is 0 Å². The molecular weight excluding hydrogens is 312 g/mol. The van der Waals surface area contributed by atoms with Crippen molar-refractivity contribution in [2.24, 2.45) is 0 Å². The summed E-state index contributed by atoms with van der Waals surface area (Å²) >= 11 is 1.30. The molecule has 1 saturated carbocycles. The average molecular weight is 330 g/mol. The number of aromatic nitrogens is 3. The Bertz CT molecular complexity index is 739. The molecule has 0 spiro atoms. The molecule has 1 aromatic heterocycles. The lowest BCUT2D eigenvalue weighted by molar-refractivity contribution is -0.115. The molecule has 1 atom stereocenters. The van der Waals surface area contributed by atoms with Crippen molar-refractivity contribution < 1.29 is 9.59 Å². The molecule has 7 heteroatoms. The number of ketones is 1. The molecule has 1 amide bonds. The minimum absolute atomic E-state index is 0.0794. The number of nitrogens with zero attached hydrogens (tertiary/aromatic N) is 2. The van der Waals surface area contributed by atoms with Gasteiger partial charge in [-0.1, -0.05) is 23.9 Å². The van der Waals surface area contributed by atoms with Gasteiger partial charge in [-0.25, -0.2) is 4.98 Å². The Morgan fingerprint density at radius 2 is 2.09 bits per heavy atom. The molecule has 2 N–H and O–H groups in total. The second-order valence-electron chi connectivity index (χ2n) is 5.63. The second kappa shape index (κ2) is 6.54. The molecule has 1 fully saturated rings. The molecule has 1 aromatic carbocycles. The molecule has 23 heavy (non-hydrogen) atoms. The molecule has 1 unspecified atom stereocenters. The van der Waals surface area contributed by atoms with Crippen LogP contribution in [-0.4, -0.2) is 32.1 Å². The van der Waals surface area contributed by atoms with Gasteiger partial charge in [-0.3, -0.25) is 14.7 Å². The number of nitrogens with one attached hydrogen (secondary N) is 2. The van der Waals surface area contributed by atoms with Gasteiger partial charge in [0.25, 0.3) is 0 Å². The third-order valence-corrected chi connectivity index (χ3v) is 4.62. The molecule has 1 aliphatic carbocycles. The van der Waals surface area contributed by atoms with Gasteiger partial charge >= 0.3 is 0 Å². The Morgan fingerprint density at radius 3 is 2.78 bits per heavy atom. The lowest BCUT2D eigenvalue weighted by Crippen LogP contribution is -2.23. The lowest BCUT2D eigenvalue weighted by atomic mass is 10.1. The first kappa shape index (κ1) is 15.7. The molecule has 0 aliphatic heterocycles. The van der Waals surface area contributed by atoms with E-state index in [-0.39, 0.29) is 16.9 Å². The van der Waals surface area contributed by atoms with Crippen LogP contribution in [0.15, 0.2) is 29.4 Å². The number of rotatable bonds is 6. The van der Waals surface area contributed by atoms with E-state index in [2.05, 4.69) is 20.5 Å². The van der Waals surface area contributed by atoms with Crippen LogP contribution in [0.25, 0.3) is 0 Å². The van der Waals surface area contributed by atoms with Crippen molar-refractivity contribution in [3.05, 3.63) is 35.7 Å². The van der Waals surface area contributed by atoms with Gasteiger partial charge in [0, 0.05) is 11.5 Å². The number of hydrogen-bond donors (Lipinski definition) is 2. The topological polar surface area (TPSA) is 87.7 Å². The summed E-state index contributed by atoms with van der Waals surface area (Å²) in [6.07, 6.45) is 2.30. The van der Waals surface area contributed by atoms with Crippen LogP contribution >= 0.6 is 11.8 Å². The number of para-hydroxylation sites is 1. The van der Waals surface area contributed by atoms with Crippen molar-refractivity contribution in [2.45, 2.75) is 43.0 Å². The van der Waals surface area contributed by atoms with E-state index in [1.807, 2.05) is 0 Å². The highest BCUT2D eigenvalue weighted by molar-refractivity contribution is 8.00. The molecule has 0 radical (unpaired) electrons. The number of aromatic amines is 1. The molecule has 1 heterocycles. The number of Topliss-reactive ketones (excluding diaryl/α,β-unsaturated/α-hetero) is 1. The number of carbonyl (C=O) groups is 2. The highest BCUT2D eigenvalue weighted by Crippen LogP contribution is 2.38. The Balaban J connectivity index is 1.64. The smallest absolute Gasteiger partial charge is 0.237 e. The Kier molecular flexibility index (Phi) is 4.47. The van der Waals surface area contributed by atoms with E-state index in [1.54, 1.807) is 31.2 Å². The van der Waals surface area contributed by atoms with Gasteiger partial charge in [0.05, 0.1) is 10.9 Å². The first-order valence-corrected chi connectivity index (χ1v) is 8.42. The van der Waals surface area contributed by atoms with Crippen molar-refractivity contribution in [2.75, 3.05) is 5.32 Å². The first-order chi connectivity index (χ1) is 11.0. The van der Waals surface area contributed by atoms with E-state index in [0.29, 0.717) is 22.3 Å². The monoisotopic (exact) mass is 330 g/mol. The minimum Gasteiger partial charge on any atom is -0.324 e. The largest absolute Gasteiger partial charge is 0.324 e. The number of H-pyrrole nitrogens is 1. The van der Waals surface area contributed by atoms with Crippen molar-refractivity contribution in [3.8, 4) is 0 Å². The fraction of sp³-hybridized carbons (Fsp3) is 0.375. The van der Waals surface area contributed by atoms with E-state index >= 15 is 0 Å². The third-order valence-electron chi connectivity index (χ3n) is 3.66. The van der Waals surface area contributed by atoms with Crippen LogP contribution in [0.5, 0.6) is 0 Å². The third kappa shape index (κ3) is 3.79. The minimum atomic E-state index is -0.363. The number of carbonyl (C=O) groups excluding carboxylic acids is 2. The van der Waals surface area contributed by atoms with Crippen LogP contribution < -0.4 is 5.32 Å². The highest BCUT2D eigenvalue weighted by atomic mass is 32.2. The SMILES string of the molecule is CC(=O)c1ccccc1NC(=O)C(C)Sc1n[nH]c(C2CC2)n1. The predicted molar refractivity (Wildman–Crippen MR) is 88.8 cm³/mol. The van der Waals surface area contributed by atoms with E-state index < -0.39 is 0 Å². The van der Waals surface area contributed by atoms with E-state index in [1.165, 1.54) is 18.7 Å². The zero-order chi connectivity index (χ0) is 16.4. The Morgan fingerprint density at radius 1 is 1.35 bits per heavy atom. The number of amides is 1. The summed E-state index contributed by atoms with van der Waals surface area (Å²) in [5.74, 6) is 1.15. The van der Waals surface area contributed by atoms with Crippen molar-refractivity contribution in [1.82, 2.24) is 15.2 Å². The zero-order valence-corrected chi connectivity index (χ0v) is 13.8. The van der Waals surface area contributed by atoms with Gasteiger partial charge in [-0.2, -0.15) is 0 Å². The maximum atomic E-state index is 12.3. The van der Waals surface area contributed by atoms with Crippen molar-refractivity contribution in [1.29, 1.82) is 0 Å². The molecule has 0 bridgehead atoms. The van der Waals surface area contributed by atoms with Gasteiger partial charge in [0.15, 0.2) is 5.78 Å². The van der Waals surface area contributed by atoms with Crippen molar-refractivity contribution >= 4 is 29.1 Å². The molecule has 2 aromatic rings. The summed E-state index contributed by atoms with van der Waals surface area (Å²) in [5.41, 5.74) is 1.04. The van der Waals surface area contributed by atoms with Crippen LogP contribution in [0.3, 0.4) is 0 Å². The maximum absolute atomic E-state index is 12.3. The lowest BCUT2D eigenvalue weighted by Gasteiger charge is -2.12. The standard InChI is InChI=1S/C16H18N4O2S/c1-9(21)12-5-3-4-6-13(12)17-15(22)10(2)23-16-18-14(19-20-16)11-7-8-11/h3-6,10-11H,7-8H2,1-2H3,(H,17,22)(H,18,19,20). The van der Waals surface area contributed by atoms with E-state index in [0.717, 1.165) is 18.7 Å². The van der Waals surface area contributed by atoms with E-state index in [4.69, 9.17) is 0 Å². The van der Waals surface area contributed by atoms with Crippen LogP contribution in [0.4, 0.5) is 5.69 Å². The van der Waals surface area contributed by atoms with Crippen LogP contribution in [0.1, 0.15) is 48.8 Å². The summed E-state index contributed by atoms with van der Waals surface area (Å²) < 4.78 is 0. The van der Waals surface area contributed by atoms with Gasteiger partial charge in [0.1, 0.15) is 5.82 Å². The molecule has 3 rings (SSSR count). The van der Waals surface area contributed by atoms with Crippen LogP contribution in [-0.2, 0) is 4.79 Å². The highest BCUT2D eigenvalue weighted by Gasteiger charge is 2.28. The van der Waals surface area contributed by atoms with Gasteiger partial charge < -0.3 is 5.32 Å². The first-order valence-electron chi connectivity index (χ1n) is 7.54. The Hall–Kier alpha value is -2.15. The molecule has 1 aliphatic rings. The number of thioether (sulfide) groups is 1. The fourth-order valence-electron chi connectivity index (χ4n) is 2.20. The van der Waals surface area contributed by atoms with Crippen molar-refractivity contribution in [3.63, 3.8) is 0 Å². The normalized spacial score (nSPS) is 15.2. The van der Waals surface area contributed by atoms with Crippen LogP contribution in [0.2, 0.25) is 0 Å². The summed E-state index contributed by atoms with van der Waals surface area (Å²) in [6, 6.07) is 6.99. The average Bonchev–Trinajstić information content (AvgIpc) is 3.28. The van der Waals surface area contributed by atoms with Gasteiger partial charge in [-0.05, 0) is 38.8 Å². The predicted octanol–water partition coefficient (Wildman–Crippen LogP) is 3.00. The molecule has 120 valence electrons. The summed E-state index contributed by atoms with van der Waals surface area (Å²) in [4.78, 5) is 28.3. The Labute approximate surface area is 138 Å². The zero-order valence-electron chi connectivity index (χ0n) is 13.0. The fourth-order valence-corrected chi connectivity index (χ4v) is 2.93. The molecule has 6 nitrogen and oxygen atoms in total. The number of hydrogen-bond acceptors (Lipinski definition) is 5. The maximum Gasteiger partial charge on any atom is 0.237 e. The number of benzene rings is 1. The molecular formula is C16H18N4O2S. The number of anilines is 1. The van der Waals surface area contributed by atoms with Gasteiger partial charge in [-0.15, -0.1) is 5.10 Å². The molecule has 0 saturated heterocycles. The summed E-state index contributed by atoms with van der Waals surface area (Å²) in [7, 11) is 0.